The van der Waals surface area contributed by atoms with Crippen LogP contribution < -0.4 is 4.74 Å². The van der Waals surface area contributed by atoms with Crippen molar-refractivity contribution in [3.8, 4) is 28.0 Å². The van der Waals surface area contributed by atoms with Crippen molar-refractivity contribution in [2.75, 3.05) is 7.11 Å². The van der Waals surface area contributed by atoms with Gasteiger partial charge in [0.15, 0.2) is 0 Å². The summed E-state index contributed by atoms with van der Waals surface area (Å²) in [4.78, 5) is 8.97. The Labute approximate surface area is 152 Å². The third-order valence-electron chi connectivity index (χ3n) is 4.59. The van der Waals surface area contributed by atoms with Crippen molar-refractivity contribution in [2.45, 2.75) is 25.7 Å². The van der Waals surface area contributed by atoms with Crippen LogP contribution in [0.15, 0.2) is 48.9 Å². The van der Waals surface area contributed by atoms with Crippen molar-refractivity contribution in [2.24, 2.45) is 0 Å². The summed E-state index contributed by atoms with van der Waals surface area (Å²) in [7, 11) is 1.71. The molecule has 3 aromatic rings. The second-order valence-electron chi connectivity index (χ2n) is 6.50. The number of aromatic nitrogens is 2. The van der Waals surface area contributed by atoms with E-state index < -0.39 is 0 Å². The van der Waals surface area contributed by atoms with Crippen molar-refractivity contribution in [3.63, 3.8) is 0 Å². The van der Waals surface area contributed by atoms with Gasteiger partial charge >= 0.3 is 0 Å². The molecule has 25 heavy (non-hydrogen) atoms. The van der Waals surface area contributed by atoms with E-state index in [9.17, 15) is 0 Å². The molecule has 2 heterocycles. The van der Waals surface area contributed by atoms with Gasteiger partial charge in [-0.2, -0.15) is 0 Å². The Bertz CT molecular complexity index is 935. The molecule has 0 N–H and O–H groups in total. The SMILES string of the molecule is COc1c(-c2cncc(-c3ccc(C)cc3Cl)c2)ccnc1C1CC1. The van der Waals surface area contributed by atoms with Crippen molar-refractivity contribution in [3.05, 3.63) is 65.2 Å². The van der Waals surface area contributed by atoms with E-state index in [1.54, 1.807) is 7.11 Å². The molecule has 0 radical (unpaired) electrons. The second-order valence-corrected chi connectivity index (χ2v) is 6.90. The summed E-state index contributed by atoms with van der Waals surface area (Å²) in [5.41, 5.74) is 6.21. The molecule has 0 bridgehead atoms. The highest BCUT2D eigenvalue weighted by Crippen LogP contribution is 2.46. The number of ether oxygens (including phenoxy) is 1. The number of hydrogen-bond acceptors (Lipinski definition) is 3. The Hall–Kier alpha value is -2.39. The van der Waals surface area contributed by atoms with E-state index in [0.29, 0.717) is 5.92 Å². The van der Waals surface area contributed by atoms with Gasteiger partial charge in [0.05, 0.1) is 12.8 Å². The van der Waals surface area contributed by atoms with Crippen molar-refractivity contribution < 1.29 is 4.74 Å². The van der Waals surface area contributed by atoms with Gasteiger partial charge < -0.3 is 4.74 Å². The molecule has 0 unspecified atom stereocenters. The Kier molecular flexibility index (Phi) is 4.18. The van der Waals surface area contributed by atoms with Crippen molar-refractivity contribution in [1.82, 2.24) is 9.97 Å². The van der Waals surface area contributed by atoms with Crippen LogP contribution in [0.5, 0.6) is 5.75 Å². The molecule has 1 fully saturated rings. The van der Waals surface area contributed by atoms with Crippen LogP contribution in [-0.4, -0.2) is 17.1 Å². The number of aryl methyl sites for hydroxylation is 1. The third-order valence-corrected chi connectivity index (χ3v) is 4.90. The number of pyridine rings is 2. The van der Waals surface area contributed by atoms with E-state index >= 15 is 0 Å². The van der Waals surface area contributed by atoms with Gasteiger partial charge in [-0.1, -0.05) is 23.7 Å². The molecule has 126 valence electrons. The number of hydrogen-bond donors (Lipinski definition) is 0. The molecule has 4 heteroatoms. The van der Waals surface area contributed by atoms with Gasteiger partial charge in [-0.25, -0.2) is 0 Å². The zero-order chi connectivity index (χ0) is 17.4. The van der Waals surface area contributed by atoms with Crippen LogP contribution >= 0.6 is 11.6 Å². The Morgan fingerprint density at radius 3 is 2.48 bits per heavy atom. The highest BCUT2D eigenvalue weighted by molar-refractivity contribution is 6.33. The van der Waals surface area contributed by atoms with E-state index in [1.165, 1.54) is 12.8 Å². The fourth-order valence-corrected chi connectivity index (χ4v) is 3.49. The van der Waals surface area contributed by atoms with Gasteiger partial charge in [-0.05, 0) is 43.5 Å². The topological polar surface area (TPSA) is 35.0 Å². The number of nitrogens with zero attached hydrogens (tertiary/aromatic N) is 2. The normalized spacial score (nSPS) is 13.7. The standard InChI is InChI=1S/C21H19ClN2O/c1-13-3-6-17(19(22)9-13)15-10-16(12-23-11-15)18-7-8-24-20(14-4-5-14)21(18)25-2/h3,6-12,14H,4-5H2,1-2H3. The highest BCUT2D eigenvalue weighted by atomic mass is 35.5. The lowest BCUT2D eigenvalue weighted by Crippen LogP contribution is -1.97. The van der Waals surface area contributed by atoms with Crippen LogP contribution in [0.25, 0.3) is 22.3 Å². The minimum atomic E-state index is 0.526. The van der Waals surface area contributed by atoms with Crippen molar-refractivity contribution >= 4 is 11.6 Å². The van der Waals surface area contributed by atoms with Gasteiger partial charge in [0, 0.05) is 51.8 Å². The zero-order valence-corrected chi connectivity index (χ0v) is 15.0. The van der Waals surface area contributed by atoms with Crippen LogP contribution in [0.1, 0.15) is 30.0 Å². The van der Waals surface area contributed by atoms with E-state index in [4.69, 9.17) is 16.3 Å². The van der Waals surface area contributed by atoms with Crippen molar-refractivity contribution in [1.29, 1.82) is 0 Å². The molecule has 4 rings (SSSR count). The number of halogens is 1. The zero-order valence-electron chi connectivity index (χ0n) is 14.3. The summed E-state index contributed by atoms with van der Waals surface area (Å²) in [5.74, 6) is 1.39. The molecular formula is C21H19ClN2O. The molecule has 0 saturated heterocycles. The van der Waals surface area contributed by atoms with E-state index in [0.717, 1.165) is 44.3 Å². The fraction of sp³-hybridized carbons (Fsp3) is 0.238. The minimum Gasteiger partial charge on any atom is -0.494 e. The first-order valence-electron chi connectivity index (χ1n) is 8.42. The lowest BCUT2D eigenvalue weighted by molar-refractivity contribution is 0.408. The van der Waals surface area contributed by atoms with Gasteiger partial charge in [0.1, 0.15) is 5.75 Å². The summed E-state index contributed by atoms with van der Waals surface area (Å²) >= 11 is 6.43. The molecule has 0 spiro atoms. The van der Waals surface area contributed by atoms with Gasteiger partial charge in [0.2, 0.25) is 0 Å². The molecule has 0 aliphatic heterocycles. The fourth-order valence-electron chi connectivity index (χ4n) is 3.14. The van der Waals surface area contributed by atoms with Crippen LogP contribution in [0.4, 0.5) is 0 Å². The summed E-state index contributed by atoms with van der Waals surface area (Å²) in [6, 6.07) is 10.2. The van der Waals surface area contributed by atoms with Crippen LogP contribution in [0.3, 0.4) is 0 Å². The van der Waals surface area contributed by atoms with E-state index in [2.05, 4.69) is 22.1 Å². The maximum absolute atomic E-state index is 6.43. The highest BCUT2D eigenvalue weighted by Gasteiger charge is 2.29. The first-order valence-corrected chi connectivity index (χ1v) is 8.80. The molecule has 2 aromatic heterocycles. The third kappa shape index (κ3) is 3.12. The first kappa shape index (κ1) is 16.1. The summed E-state index contributed by atoms with van der Waals surface area (Å²) in [5, 5.41) is 0.735. The molecule has 1 saturated carbocycles. The molecule has 3 nitrogen and oxygen atoms in total. The first-order chi connectivity index (χ1) is 12.2. The number of methoxy groups -OCH3 is 1. The maximum Gasteiger partial charge on any atom is 0.148 e. The van der Waals surface area contributed by atoms with Gasteiger partial charge in [-0.15, -0.1) is 0 Å². The number of rotatable bonds is 4. The van der Waals surface area contributed by atoms with Crippen LogP contribution in [0, 0.1) is 6.92 Å². The molecular weight excluding hydrogens is 332 g/mol. The predicted molar refractivity (Wildman–Crippen MR) is 101 cm³/mol. The average molecular weight is 351 g/mol. The lowest BCUT2D eigenvalue weighted by atomic mass is 10.00. The van der Waals surface area contributed by atoms with E-state index in [1.807, 2.05) is 43.7 Å². The molecule has 1 aromatic carbocycles. The van der Waals surface area contributed by atoms with Crippen LogP contribution in [0.2, 0.25) is 5.02 Å². The Balaban J connectivity index is 1.81. The quantitative estimate of drug-likeness (QED) is 0.609. The Morgan fingerprint density at radius 2 is 1.80 bits per heavy atom. The van der Waals surface area contributed by atoms with Crippen LogP contribution in [-0.2, 0) is 0 Å². The lowest BCUT2D eigenvalue weighted by Gasteiger charge is -2.13. The summed E-state index contributed by atoms with van der Waals surface area (Å²) < 4.78 is 5.70. The summed E-state index contributed by atoms with van der Waals surface area (Å²) in [6.07, 6.45) is 7.93. The summed E-state index contributed by atoms with van der Waals surface area (Å²) in [6.45, 7) is 2.03. The largest absolute Gasteiger partial charge is 0.494 e. The van der Waals surface area contributed by atoms with Gasteiger partial charge in [-0.3, -0.25) is 9.97 Å². The smallest absolute Gasteiger partial charge is 0.148 e. The average Bonchev–Trinajstić information content (AvgIpc) is 3.46. The predicted octanol–water partition coefficient (Wildman–Crippen LogP) is 5.66. The molecule has 0 amide bonds. The maximum atomic E-state index is 6.43. The molecule has 1 aliphatic carbocycles. The molecule has 1 aliphatic rings. The monoisotopic (exact) mass is 350 g/mol. The molecule has 0 atom stereocenters. The second kappa shape index (κ2) is 6.49. The Morgan fingerprint density at radius 1 is 1.04 bits per heavy atom. The minimum absolute atomic E-state index is 0.526. The van der Waals surface area contributed by atoms with E-state index in [-0.39, 0.29) is 0 Å². The van der Waals surface area contributed by atoms with Gasteiger partial charge in [0.25, 0.3) is 0 Å². The number of benzene rings is 1.